The number of phosphoric ester groups is 1. The van der Waals surface area contributed by atoms with E-state index in [1.165, 1.54) is 37.4 Å². The predicted octanol–water partition coefficient (Wildman–Crippen LogP) is 2.42. The van der Waals surface area contributed by atoms with Gasteiger partial charge in [-0.1, -0.05) is 39.0 Å². The molecule has 0 aromatic heterocycles. The number of amides is 2. The van der Waals surface area contributed by atoms with E-state index in [0.717, 1.165) is 23.5 Å². The lowest BCUT2D eigenvalue weighted by Gasteiger charge is -2.27. The number of unbranched alkanes of at least 4 members (excludes halogenated alkanes) is 5. The summed E-state index contributed by atoms with van der Waals surface area (Å²) in [6.45, 7) is 2.36. The van der Waals surface area contributed by atoms with Gasteiger partial charge < -0.3 is 18.4 Å². The minimum absolute atomic E-state index is 0.0169. The fourth-order valence-electron chi connectivity index (χ4n) is 2.83. The van der Waals surface area contributed by atoms with E-state index in [2.05, 4.69) is 6.92 Å². The molecule has 2 amide bonds. The highest BCUT2D eigenvalue weighted by molar-refractivity contribution is 8.00. The topological polar surface area (TPSA) is 96.0 Å². The summed E-state index contributed by atoms with van der Waals surface area (Å²) < 4.78 is 22.0. The van der Waals surface area contributed by atoms with Crippen LogP contribution in [0.4, 0.5) is 0 Å². The highest BCUT2D eigenvalue weighted by atomic mass is 32.2. The van der Waals surface area contributed by atoms with Crippen LogP contribution in [0, 0.1) is 0 Å². The molecule has 0 spiro atoms. The smallest absolute Gasteiger partial charge is 0.268 e. The fraction of sp³-hybridized carbons (Fsp3) is 0.895. The first kappa shape index (κ1) is 26.6. The monoisotopic (exact) mass is 452 g/mol. The average Bonchev–Trinajstić information content (AvgIpc) is 2.87. The summed E-state index contributed by atoms with van der Waals surface area (Å²) in [6.07, 6.45) is 7.30. The van der Waals surface area contributed by atoms with Crippen molar-refractivity contribution < 1.29 is 32.6 Å². The van der Waals surface area contributed by atoms with Gasteiger partial charge in [-0.25, -0.2) is 0 Å². The number of rotatable bonds is 16. The summed E-state index contributed by atoms with van der Waals surface area (Å²) in [5.74, 6) is 0.336. The van der Waals surface area contributed by atoms with Gasteiger partial charge in [-0.3, -0.25) is 19.1 Å². The number of quaternary nitrogens is 1. The van der Waals surface area contributed by atoms with Gasteiger partial charge in [0.05, 0.1) is 39.5 Å². The van der Waals surface area contributed by atoms with Crippen LogP contribution in [0.25, 0.3) is 0 Å². The zero-order chi connectivity index (χ0) is 21.9. The van der Waals surface area contributed by atoms with E-state index in [0.29, 0.717) is 11.0 Å². The third-order valence-corrected chi connectivity index (χ3v) is 6.89. The van der Waals surface area contributed by atoms with Crippen LogP contribution in [-0.2, 0) is 23.2 Å². The van der Waals surface area contributed by atoms with E-state index >= 15 is 0 Å². The lowest BCUT2D eigenvalue weighted by Crippen LogP contribution is -2.37. The van der Waals surface area contributed by atoms with E-state index < -0.39 is 7.82 Å². The fourth-order valence-corrected chi connectivity index (χ4v) is 4.70. The average molecular weight is 453 g/mol. The van der Waals surface area contributed by atoms with E-state index in [1.807, 2.05) is 21.1 Å². The molecule has 2 unspecified atom stereocenters. The molecule has 0 radical (unpaired) electrons. The highest BCUT2D eigenvalue weighted by Crippen LogP contribution is 2.38. The largest absolute Gasteiger partial charge is 0.756 e. The van der Waals surface area contributed by atoms with Crippen molar-refractivity contribution >= 4 is 31.4 Å². The molecule has 10 heteroatoms. The minimum atomic E-state index is -4.44. The Balaban J connectivity index is 2.26. The van der Waals surface area contributed by atoms with Gasteiger partial charge >= 0.3 is 0 Å². The Labute approximate surface area is 179 Å². The number of likely N-dealkylation sites (tertiary alicyclic amines) is 1. The minimum Gasteiger partial charge on any atom is -0.756 e. The van der Waals surface area contributed by atoms with Crippen molar-refractivity contribution in [3.8, 4) is 0 Å². The second-order valence-electron chi connectivity index (χ2n) is 8.34. The Hall–Kier alpha value is -0.440. The third kappa shape index (κ3) is 11.5. The van der Waals surface area contributed by atoms with E-state index in [1.54, 1.807) is 0 Å². The van der Waals surface area contributed by atoms with Crippen molar-refractivity contribution in [1.82, 2.24) is 4.90 Å². The van der Waals surface area contributed by atoms with Crippen molar-refractivity contribution in [2.75, 3.05) is 53.2 Å². The molecule has 0 aromatic carbocycles. The Bertz CT molecular complexity index is 569. The molecule has 0 aromatic rings. The van der Waals surface area contributed by atoms with Crippen LogP contribution in [0.1, 0.15) is 51.9 Å². The molecular formula is C19H37N2O6PS. The van der Waals surface area contributed by atoms with E-state index in [-0.39, 0.29) is 43.2 Å². The SMILES string of the molecule is CCCCCCCCSC1CC(=O)N(CCOP(=O)([O-])OCC[N+](C)(C)C)C1=O. The zero-order valence-electron chi connectivity index (χ0n) is 18.3. The summed E-state index contributed by atoms with van der Waals surface area (Å²) in [6, 6.07) is 0. The summed E-state index contributed by atoms with van der Waals surface area (Å²) in [5.41, 5.74) is 0. The molecule has 1 aliphatic rings. The number of thioether (sulfide) groups is 1. The van der Waals surface area contributed by atoms with E-state index in [4.69, 9.17) is 9.05 Å². The molecule has 2 atom stereocenters. The zero-order valence-corrected chi connectivity index (χ0v) is 20.0. The highest BCUT2D eigenvalue weighted by Gasteiger charge is 2.38. The van der Waals surface area contributed by atoms with Crippen LogP contribution in [0.2, 0.25) is 0 Å². The molecule has 1 aliphatic heterocycles. The summed E-state index contributed by atoms with van der Waals surface area (Å²) in [4.78, 5) is 37.4. The molecule has 29 heavy (non-hydrogen) atoms. The van der Waals surface area contributed by atoms with E-state index in [9.17, 15) is 19.0 Å². The van der Waals surface area contributed by atoms with Crippen LogP contribution in [0.3, 0.4) is 0 Å². The summed E-state index contributed by atoms with van der Waals surface area (Å²) in [7, 11) is 1.33. The van der Waals surface area contributed by atoms with Gasteiger partial charge in [-0.05, 0) is 12.2 Å². The first-order valence-electron chi connectivity index (χ1n) is 10.4. The Morgan fingerprint density at radius 2 is 1.72 bits per heavy atom. The Morgan fingerprint density at radius 3 is 2.38 bits per heavy atom. The number of carbonyl (C=O) groups is 2. The maximum Gasteiger partial charge on any atom is 0.268 e. The maximum absolute atomic E-state index is 12.4. The quantitative estimate of drug-likeness (QED) is 0.154. The van der Waals surface area contributed by atoms with Crippen molar-refractivity contribution in [3.63, 3.8) is 0 Å². The molecule has 1 heterocycles. The second-order valence-corrected chi connectivity index (χ2v) is 11.1. The van der Waals surface area contributed by atoms with Crippen molar-refractivity contribution in [2.24, 2.45) is 0 Å². The second kappa shape index (κ2) is 13.1. The molecule has 1 saturated heterocycles. The maximum atomic E-state index is 12.4. The standard InChI is InChI=1S/C19H37N2O6PS/c1-5-6-7-8-9-10-15-29-17-16-18(22)20(19(17)23)11-13-26-28(24,25)27-14-12-21(2,3)4/h17H,5-16H2,1-4H3. The van der Waals surface area contributed by atoms with Gasteiger partial charge in [0.15, 0.2) is 0 Å². The van der Waals surface area contributed by atoms with Crippen molar-refractivity contribution in [1.29, 1.82) is 0 Å². The van der Waals surface area contributed by atoms with Crippen LogP contribution >= 0.6 is 19.6 Å². The normalized spacial score (nSPS) is 19.8. The first-order chi connectivity index (χ1) is 13.6. The molecule has 1 fully saturated rings. The van der Waals surface area contributed by atoms with Crippen molar-refractivity contribution in [3.05, 3.63) is 0 Å². The Morgan fingerprint density at radius 1 is 1.10 bits per heavy atom. The van der Waals surface area contributed by atoms with Gasteiger partial charge in [0.25, 0.3) is 7.82 Å². The predicted molar refractivity (Wildman–Crippen MR) is 113 cm³/mol. The van der Waals surface area contributed by atoms with Gasteiger partial charge in [0, 0.05) is 6.42 Å². The number of phosphoric acid groups is 1. The Kier molecular flexibility index (Phi) is 12.0. The number of hydrogen-bond donors (Lipinski definition) is 0. The third-order valence-electron chi connectivity index (χ3n) is 4.60. The van der Waals surface area contributed by atoms with Crippen LogP contribution in [-0.4, -0.2) is 79.6 Å². The molecule has 0 saturated carbocycles. The van der Waals surface area contributed by atoms with Crippen LogP contribution < -0.4 is 4.89 Å². The summed E-state index contributed by atoms with van der Waals surface area (Å²) >= 11 is 1.52. The molecule has 170 valence electrons. The number of carbonyl (C=O) groups excluding carboxylic acids is 2. The van der Waals surface area contributed by atoms with Crippen molar-refractivity contribution in [2.45, 2.75) is 57.1 Å². The molecule has 8 nitrogen and oxygen atoms in total. The number of nitrogens with zero attached hydrogens (tertiary/aromatic N) is 2. The number of likely N-dealkylation sites (N-methyl/N-ethyl adjacent to an activating group) is 1. The number of hydrogen-bond acceptors (Lipinski definition) is 7. The van der Waals surface area contributed by atoms with Gasteiger partial charge in [-0.2, -0.15) is 0 Å². The summed E-state index contributed by atoms with van der Waals surface area (Å²) in [5, 5.41) is -0.363. The lowest BCUT2D eigenvalue weighted by atomic mass is 10.1. The lowest BCUT2D eigenvalue weighted by molar-refractivity contribution is -0.870. The van der Waals surface area contributed by atoms with Gasteiger partial charge in [0.1, 0.15) is 13.2 Å². The van der Waals surface area contributed by atoms with Crippen LogP contribution in [0.5, 0.6) is 0 Å². The molecule has 1 rings (SSSR count). The molecule has 0 bridgehead atoms. The molecule has 0 N–H and O–H groups in total. The van der Waals surface area contributed by atoms with Gasteiger partial charge in [0.2, 0.25) is 11.8 Å². The molecule has 0 aliphatic carbocycles. The molecular weight excluding hydrogens is 415 g/mol. The first-order valence-corrected chi connectivity index (χ1v) is 12.9. The number of imide groups is 1. The van der Waals surface area contributed by atoms with Crippen LogP contribution in [0.15, 0.2) is 0 Å². The van der Waals surface area contributed by atoms with Gasteiger partial charge in [-0.15, -0.1) is 11.8 Å².